The van der Waals surface area contributed by atoms with Gasteiger partial charge in [0.2, 0.25) is 0 Å². The van der Waals surface area contributed by atoms with Crippen molar-refractivity contribution in [1.82, 2.24) is 0 Å². The van der Waals surface area contributed by atoms with Gasteiger partial charge in [0.1, 0.15) is 0 Å². The van der Waals surface area contributed by atoms with E-state index in [1.165, 1.54) is 97.0 Å². The zero-order valence-electron chi connectivity index (χ0n) is 33.9. The van der Waals surface area contributed by atoms with E-state index in [0.29, 0.717) is 0 Å². The largest absolute Gasteiger partial charge is 0.310 e. The minimum atomic E-state index is 1.10. The molecule has 0 aliphatic rings. The first-order valence-electron chi connectivity index (χ1n) is 21.2. The molecular formula is C60H39NS. The Morgan fingerprint density at radius 2 is 0.806 bits per heavy atom. The second-order valence-electron chi connectivity index (χ2n) is 16.0. The van der Waals surface area contributed by atoms with Gasteiger partial charge in [-0.25, -0.2) is 0 Å². The number of benzene rings is 11. The summed E-state index contributed by atoms with van der Waals surface area (Å²) >= 11 is 1.88. The third-order valence-electron chi connectivity index (χ3n) is 12.4. The molecule has 0 fully saturated rings. The monoisotopic (exact) mass is 805 g/mol. The third kappa shape index (κ3) is 6.15. The maximum absolute atomic E-state index is 2.46. The van der Waals surface area contributed by atoms with Crippen molar-refractivity contribution in [2.75, 3.05) is 4.90 Å². The smallest absolute Gasteiger partial charge is 0.0540 e. The molecule has 1 nitrogen and oxygen atoms in total. The number of nitrogens with zero attached hydrogens (tertiary/aromatic N) is 1. The first kappa shape index (κ1) is 36.1. The summed E-state index contributed by atoms with van der Waals surface area (Å²) in [6, 6.07) is 86.8. The molecule has 11 aromatic carbocycles. The summed E-state index contributed by atoms with van der Waals surface area (Å²) in [4.78, 5) is 2.46. The van der Waals surface area contributed by atoms with Crippen molar-refractivity contribution in [2.24, 2.45) is 0 Å². The first-order valence-corrected chi connectivity index (χ1v) is 22.1. The van der Waals surface area contributed by atoms with Crippen molar-refractivity contribution in [3.05, 3.63) is 237 Å². The highest BCUT2D eigenvalue weighted by molar-refractivity contribution is 7.26. The second kappa shape index (κ2) is 15.0. The number of anilines is 3. The van der Waals surface area contributed by atoms with Crippen LogP contribution in [0.15, 0.2) is 237 Å². The van der Waals surface area contributed by atoms with E-state index in [0.717, 1.165) is 17.1 Å². The summed E-state index contributed by atoms with van der Waals surface area (Å²) in [5, 5.41) is 10.2. The molecule has 0 bridgehead atoms. The predicted octanol–water partition coefficient (Wildman–Crippen LogP) is 17.7. The topological polar surface area (TPSA) is 3.24 Å². The normalized spacial score (nSPS) is 11.5. The molecular weight excluding hydrogens is 767 g/mol. The van der Waals surface area contributed by atoms with E-state index in [4.69, 9.17) is 0 Å². The highest BCUT2D eigenvalue weighted by Crippen LogP contribution is 2.46. The molecule has 12 rings (SSSR count). The lowest BCUT2D eigenvalue weighted by atomic mass is 9.89. The Balaban J connectivity index is 1.06. The lowest BCUT2D eigenvalue weighted by Crippen LogP contribution is -2.10. The van der Waals surface area contributed by atoms with Crippen molar-refractivity contribution in [2.45, 2.75) is 0 Å². The van der Waals surface area contributed by atoms with Crippen LogP contribution >= 0.6 is 11.3 Å². The van der Waals surface area contributed by atoms with E-state index >= 15 is 0 Å². The fourth-order valence-corrected chi connectivity index (χ4v) is 10.8. The lowest BCUT2D eigenvalue weighted by molar-refractivity contribution is 1.30. The molecule has 0 aliphatic carbocycles. The van der Waals surface area contributed by atoms with Crippen LogP contribution in [0.1, 0.15) is 0 Å². The van der Waals surface area contributed by atoms with Crippen molar-refractivity contribution in [3.63, 3.8) is 0 Å². The second-order valence-corrected chi connectivity index (χ2v) is 17.1. The molecule has 0 amide bonds. The van der Waals surface area contributed by atoms with Gasteiger partial charge in [0.15, 0.2) is 0 Å². The van der Waals surface area contributed by atoms with E-state index in [1.807, 2.05) is 11.3 Å². The van der Waals surface area contributed by atoms with Crippen molar-refractivity contribution >= 4 is 80.9 Å². The highest BCUT2D eigenvalue weighted by Gasteiger charge is 2.20. The molecule has 0 saturated heterocycles. The molecule has 0 N–H and O–H groups in total. The molecule has 290 valence electrons. The van der Waals surface area contributed by atoms with Gasteiger partial charge >= 0.3 is 0 Å². The van der Waals surface area contributed by atoms with Gasteiger partial charge in [-0.1, -0.05) is 188 Å². The fraction of sp³-hybridized carbons (Fsp3) is 0. The van der Waals surface area contributed by atoms with Gasteiger partial charge in [0, 0.05) is 42.3 Å². The van der Waals surface area contributed by atoms with E-state index in [2.05, 4.69) is 241 Å². The average Bonchev–Trinajstić information content (AvgIpc) is 3.74. The SMILES string of the molecule is c1ccc(-c2cccc(-c3cccc(N(c4cccc(-c5ccccc5-c5cc6ccccc6c6ccccc56)c4)c4cccc5c4ccc4c6ccccc6sc54)c3)c2)cc1. The molecule has 0 saturated carbocycles. The molecule has 62 heavy (non-hydrogen) atoms. The number of hydrogen-bond donors (Lipinski definition) is 0. The minimum Gasteiger partial charge on any atom is -0.310 e. The summed E-state index contributed by atoms with van der Waals surface area (Å²) in [6.07, 6.45) is 0. The molecule has 2 heteroatoms. The summed E-state index contributed by atoms with van der Waals surface area (Å²) in [6.45, 7) is 0. The van der Waals surface area contributed by atoms with Crippen LogP contribution in [0.4, 0.5) is 17.1 Å². The number of rotatable bonds is 7. The van der Waals surface area contributed by atoms with Gasteiger partial charge < -0.3 is 4.90 Å². The molecule has 1 aromatic heterocycles. The van der Waals surface area contributed by atoms with Crippen molar-refractivity contribution < 1.29 is 0 Å². The van der Waals surface area contributed by atoms with Gasteiger partial charge in [0.25, 0.3) is 0 Å². The quantitative estimate of drug-likeness (QED) is 0.145. The number of thiophene rings is 1. The first-order chi connectivity index (χ1) is 30.7. The van der Waals surface area contributed by atoms with E-state index in [1.54, 1.807) is 0 Å². The highest BCUT2D eigenvalue weighted by atomic mass is 32.1. The zero-order valence-corrected chi connectivity index (χ0v) is 34.7. The molecule has 12 aromatic rings. The van der Waals surface area contributed by atoms with Crippen LogP contribution in [0.3, 0.4) is 0 Å². The van der Waals surface area contributed by atoms with Crippen LogP contribution in [-0.2, 0) is 0 Å². The van der Waals surface area contributed by atoms with Crippen LogP contribution in [0.5, 0.6) is 0 Å². The van der Waals surface area contributed by atoms with Gasteiger partial charge in [-0.3, -0.25) is 0 Å². The Hall–Kier alpha value is -7.78. The van der Waals surface area contributed by atoms with Gasteiger partial charge in [-0.15, -0.1) is 11.3 Å². The van der Waals surface area contributed by atoms with Crippen LogP contribution in [-0.4, -0.2) is 0 Å². The summed E-state index contributed by atoms with van der Waals surface area (Å²) in [5.74, 6) is 0. The number of hydrogen-bond acceptors (Lipinski definition) is 2. The van der Waals surface area contributed by atoms with Gasteiger partial charge in [-0.05, 0) is 115 Å². The predicted molar refractivity (Wildman–Crippen MR) is 268 cm³/mol. The molecule has 0 aliphatic heterocycles. The summed E-state index contributed by atoms with van der Waals surface area (Å²) in [5.41, 5.74) is 12.9. The fourth-order valence-electron chi connectivity index (χ4n) is 9.54. The molecule has 0 radical (unpaired) electrons. The molecule has 0 unspecified atom stereocenters. The average molecular weight is 806 g/mol. The van der Waals surface area contributed by atoms with E-state index in [-0.39, 0.29) is 0 Å². The molecule has 0 spiro atoms. The lowest BCUT2D eigenvalue weighted by Gasteiger charge is -2.28. The van der Waals surface area contributed by atoms with Gasteiger partial charge in [0.05, 0.1) is 5.69 Å². The number of fused-ring (bicyclic) bond motifs is 8. The Morgan fingerprint density at radius 1 is 0.274 bits per heavy atom. The van der Waals surface area contributed by atoms with E-state index < -0.39 is 0 Å². The summed E-state index contributed by atoms with van der Waals surface area (Å²) < 4.78 is 2.63. The standard InChI is InChI=1S/C60H39NS/c1-2-16-40(17-3-1)41-19-12-20-42(36-41)43-21-13-23-46(37-43)61(58-32-15-31-55-53(58)34-35-56-54-30-10-11-33-59(54)62-60(55)56)47-24-14-22-44(38-47)48-26-6-7-28-51(48)57-39-45-18-4-5-25-49(45)50-27-8-9-29-52(50)57/h1-39H. The third-order valence-corrected chi connectivity index (χ3v) is 13.6. The zero-order chi connectivity index (χ0) is 41.0. The van der Waals surface area contributed by atoms with Crippen LogP contribution in [0.25, 0.3) is 97.0 Å². The molecule has 1 heterocycles. The van der Waals surface area contributed by atoms with Crippen molar-refractivity contribution in [3.8, 4) is 44.5 Å². The minimum absolute atomic E-state index is 1.10. The Bertz CT molecular complexity index is 3650. The van der Waals surface area contributed by atoms with Crippen LogP contribution in [0.2, 0.25) is 0 Å². The Morgan fingerprint density at radius 3 is 1.63 bits per heavy atom. The van der Waals surface area contributed by atoms with Gasteiger partial charge in [-0.2, -0.15) is 0 Å². The summed E-state index contributed by atoms with van der Waals surface area (Å²) in [7, 11) is 0. The Labute approximate surface area is 365 Å². The van der Waals surface area contributed by atoms with E-state index in [9.17, 15) is 0 Å². The van der Waals surface area contributed by atoms with Crippen LogP contribution < -0.4 is 4.90 Å². The molecule has 0 atom stereocenters. The van der Waals surface area contributed by atoms with Crippen LogP contribution in [0, 0.1) is 0 Å². The Kier molecular flexibility index (Phi) is 8.76. The maximum atomic E-state index is 2.46. The van der Waals surface area contributed by atoms with Crippen molar-refractivity contribution in [1.29, 1.82) is 0 Å². The maximum Gasteiger partial charge on any atom is 0.0540 e.